The van der Waals surface area contributed by atoms with Gasteiger partial charge in [0.25, 0.3) is 0 Å². The number of fused-ring (bicyclic) bond motifs is 1. The Morgan fingerprint density at radius 3 is 2.40 bits per heavy atom. The van der Waals surface area contributed by atoms with Crippen LogP contribution in [0.15, 0.2) is 24.3 Å². The van der Waals surface area contributed by atoms with Crippen LogP contribution in [0.3, 0.4) is 0 Å². The molecule has 0 saturated heterocycles. The number of ether oxygens (including phenoxy) is 2. The number of allylic oxidation sites excluding steroid dienone is 1. The summed E-state index contributed by atoms with van der Waals surface area (Å²) in [4.78, 5) is 0.453. The molecule has 1 saturated carbocycles. The molecule has 3 nitrogen and oxygen atoms in total. The van der Waals surface area contributed by atoms with E-state index in [0.717, 1.165) is 29.5 Å². The van der Waals surface area contributed by atoms with E-state index in [1.807, 2.05) is 18.2 Å². The van der Waals surface area contributed by atoms with Crippen molar-refractivity contribution in [3.8, 4) is 0 Å². The Balaban J connectivity index is 1.93. The Morgan fingerprint density at radius 1 is 1.08 bits per heavy atom. The topological polar surface area (TPSA) is 27.7 Å². The lowest BCUT2D eigenvalue weighted by molar-refractivity contribution is -0.106. The monoisotopic (exact) mass is 374 g/mol. The molecular weight excluding hydrogens is 353 g/mol. The molecule has 1 atom stereocenters. The van der Waals surface area contributed by atoms with Crippen LogP contribution in [0.25, 0.3) is 5.76 Å². The first-order valence-corrected chi connectivity index (χ1v) is 9.32. The molecule has 0 spiro atoms. The minimum atomic E-state index is -4.35. The van der Waals surface area contributed by atoms with Crippen molar-refractivity contribution in [1.82, 2.24) is 0 Å². The fraction of sp³-hybridized carbons (Fsp3) is 0.500. The molecule has 138 valence electrons. The van der Waals surface area contributed by atoms with Crippen LogP contribution in [0.2, 0.25) is 0 Å². The number of halogens is 3. The molecule has 1 aromatic carbocycles. The Morgan fingerprint density at radius 2 is 1.80 bits per heavy atom. The van der Waals surface area contributed by atoms with Crippen molar-refractivity contribution < 1.29 is 26.8 Å². The molecule has 1 unspecified atom stereocenters. The van der Waals surface area contributed by atoms with Crippen LogP contribution in [0.4, 0.5) is 13.2 Å². The van der Waals surface area contributed by atoms with Crippen LogP contribution in [-0.2, 0) is 20.1 Å². The summed E-state index contributed by atoms with van der Waals surface area (Å²) in [5.74, 6) is 0.338. The summed E-state index contributed by atoms with van der Waals surface area (Å²) in [6.45, 7) is 0. The Kier molecular flexibility index (Phi) is 5.55. The van der Waals surface area contributed by atoms with E-state index in [0.29, 0.717) is 29.9 Å². The summed E-state index contributed by atoms with van der Waals surface area (Å²) < 4.78 is 56.0. The number of hydrogen-bond donors (Lipinski definition) is 0. The summed E-state index contributed by atoms with van der Waals surface area (Å²) in [6, 6.07) is 5.56. The van der Waals surface area contributed by atoms with Crippen LogP contribution in [0.1, 0.15) is 48.7 Å². The molecule has 0 bridgehead atoms. The summed E-state index contributed by atoms with van der Waals surface area (Å²) in [5.41, 5.74) is -1.81. The standard InChI is InChI=1S/C18H21F3O3S/c1-22-17(23-2)13-7-10-15-12(11-13)5-3-4-6-16(15)24-25(14-8-9-14)18(19,20)21/h6-7,10-11,17H,3-5,8-9H2,1-2H3. The van der Waals surface area contributed by atoms with Gasteiger partial charge in [0.05, 0.1) is 10.8 Å². The zero-order chi connectivity index (χ0) is 18.0. The van der Waals surface area contributed by atoms with Crippen LogP contribution in [-0.4, -0.2) is 24.6 Å². The third kappa shape index (κ3) is 4.27. The Labute approximate surface area is 147 Å². The van der Waals surface area contributed by atoms with Gasteiger partial charge in [0.2, 0.25) is 0 Å². The number of benzene rings is 1. The van der Waals surface area contributed by atoms with Gasteiger partial charge in [0.15, 0.2) is 6.29 Å². The first kappa shape index (κ1) is 18.5. The zero-order valence-electron chi connectivity index (χ0n) is 14.2. The lowest BCUT2D eigenvalue weighted by Gasteiger charge is -2.19. The summed E-state index contributed by atoms with van der Waals surface area (Å²) >= 11 is 0. The maximum atomic E-state index is 13.3. The molecule has 7 heteroatoms. The fourth-order valence-corrected chi connectivity index (χ4v) is 4.24. The number of aryl methyl sites for hydroxylation is 1. The van der Waals surface area contributed by atoms with Gasteiger partial charge >= 0.3 is 5.51 Å². The van der Waals surface area contributed by atoms with E-state index in [2.05, 4.69) is 0 Å². The lowest BCUT2D eigenvalue weighted by Crippen LogP contribution is -2.08. The van der Waals surface area contributed by atoms with E-state index in [-0.39, 0.29) is 0 Å². The zero-order valence-corrected chi connectivity index (χ0v) is 15.0. The molecule has 0 N–H and O–H groups in total. The van der Waals surface area contributed by atoms with Crippen LogP contribution in [0.5, 0.6) is 0 Å². The Bertz CT molecular complexity index is 700. The van der Waals surface area contributed by atoms with Gasteiger partial charge in [-0.15, -0.1) is 0 Å². The molecule has 25 heavy (non-hydrogen) atoms. The largest absolute Gasteiger partial charge is 0.471 e. The summed E-state index contributed by atoms with van der Waals surface area (Å²) in [6.07, 6.45) is 4.64. The van der Waals surface area contributed by atoms with E-state index < -0.39 is 22.6 Å². The van der Waals surface area contributed by atoms with Crippen LogP contribution >= 0.6 is 10.8 Å². The van der Waals surface area contributed by atoms with Gasteiger partial charge in [-0.05, 0) is 48.6 Å². The van der Waals surface area contributed by atoms with Gasteiger partial charge in [-0.2, -0.15) is 13.2 Å². The third-order valence-corrected chi connectivity index (χ3v) is 5.87. The van der Waals surface area contributed by atoms with Gasteiger partial charge in [-0.1, -0.05) is 18.2 Å². The van der Waals surface area contributed by atoms with Crippen molar-refractivity contribution in [2.75, 3.05) is 14.2 Å². The number of hydrogen-bond acceptors (Lipinski definition) is 3. The van der Waals surface area contributed by atoms with Crippen LogP contribution < -0.4 is 0 Å². The summed E-state index contributed by atoms with van der Waals surface area (Å²) in [7, 11) is 0.990. The predicted molar refractivity (Wildman–Crippen MR) is 93.1 cm³/mol. The van der Waals surface area contributed by atoms with E-state index in [4.69, 9.17) is 13.7 Å². The highest BCUT2D eigenvalue weighted by Crippen LogP contribution is 2.48. The number of rotatable bonds is 5. The second-order valence-electron chi connectivity index (χ2n) is 6.02. The van der Waals surface area contributed by atoms with Crippen LogP contribution in [0, 0.1) is 0 Å². The van der Waals surface area contributed by atoms with Crippen molar-refractivity contribution in [2.45, 2.75) is 43.9 Å². The molecule has 0 amide bonds. The minimum absolute atomic E-state index is 0.338. The number of methoxy groups -OCH3 is 2. The van der Waals surface area contributed by atoms with E-state index in [9.17, 15) is 13.2 Å². The average molecular weight is 374 g/mol. The minimum Gasteiger partial charge on any atom is -0.425 e. The van der Waals surface area contributed by atoms with E-state index in [1.54, 1.807) is 20.3 Å². The van der Waals surface area contributed by atoms with Gasteiger partial charge in [0, 0.05) is 25.3 Å². The SMILES string of the molecule is COC(OC)c1ccc2c(c1)CCCC=C2OS(=C1CC1)C(F)(F)F. The highest BCUT2D eigenvalue weighted by molar-refractivity contribution is 8.13. The quantitative estimate of drug-likeness (QED) is 0.514. The van der Waals surface area contributed by atoms with Crippen molar-refractivity contribution in [3.05, 3.63) is 41.0 Å². The number of alkyl halides is 3. The normalized spacial score (nSPS) is 18.5. The molecule has 1 fully saturated rings. The summed E-state index contributed by atoms with van der Waals surface area (Å²) in [5, 5.41) is 0. The van der Waals surface area contributed by atoms with Gasteiger partial charge in [-0.3, -0.25) is 0 Å². The highest BCUT2D eigenvalue weighted by Gasteiger charge is 2.41. The fourth-order valence-electron chi connectivity index (χ4n) is 2.89. The molecule has 2 aliphatic rings. The van der Waals surface area contributed by atoms with Crippen molar-refractivity contribution in [1.29, 1.82) is 0 Å². The molecule has 0 aromatic heterocycles. The highest BCUT2D eigenvalue weighted by atomic mass is 32.2. The van der Waals surface area contributed by atoms with Crippen molar-refractivity contribution in [3.63, 3.8) is 0 Å². The van der Waals surface area contributed by atoms with Crippen molar-refractivity contribution in [2.24, 2.45) is 0 Å². The molecule has 0 aliphatic heterocycles. The predicted octanol–water partition coefficient (Wildman–Crippen LogP) is 5.34. The van der Waals surface area contributed by atoms with Gasteiger partial charge in [-0.25, -0.2) is 0 Å². The molecule has 1 aromatic rings. The first-order valence-electron chi connectivity index (χ1n) is 8.17. The second-order valence-corrected chi connectivity index (χ2v) is 7.76. The van der Waals surface area contributed by atoms with Gasteiger partial charge < -0.3 is 13.7 Å². The Hall–Kier alpha value is -1.31. The second kappa shape index (κ2) is 7.51. The molecule has 3 rings (SSSR count). The smallest absolute Gasteiger partial charge is 0.425 e. The van der Waals surface area contributed by atoms with Gasteiger partial charge in [0.1, 0.15) is 5.76 Å². The molecule has 0 heterocycles. The average Bonchev–Trinajstić information content (AvgIpc) is 3.40. The molecular formula is C18H21F3O3S. The van der Waals surface area contributed by atoms with E-state index in [1.165, 1.54) is 0 Å². The first-order chi connectivity index (χ1) is 11.9. The third-order valence-electron chi connectivity index (χ3n) is 4.17. The molecule has 2 aliphatic carbocycles. The maximum absolute atomic E-state index is 13.3. The van der Waals surface area contributed by atoms with Crippen molar-refractivity contribution >= 4 is 21.4 Å². The lowest BCUT2D eigenvalue weighted by atomic mass is 10.00. The molecule has 0 radical (unpaired) electrons. The maximum Gasteiger partial charge on any atom is 0.471 e. The van der Waals surface area contributed by atoms with E-state index >= 15 is 0 Å².